The number of nitrogen functional groups attached to an aromatic ring is 1. The summed E-state index contributed by atoms with van der Waals surface area (Å²) in [6, 6.07) is 2.57. The molecule has 4 aromatic rings. The van der Waals surface area contributed by atoms with Gasteiger partial charge in [0, 0.05) is 62.9 Å². The average Bonchev–Trinajstić information content (AvgIpc) is 3.94. The fourth-order valence-electron chi connectivity index (χ4n) is 9.90. The molecule has 1 aromatic carbocycles. The molecule has 5 atom stereocenters. The number of anilines is 2. The summed E-state index contributed by atoms with van der Waals surface area (Å²) in [5, 5.41) is 11.0. The first-order valence-corrected chi connectivity index (χ1v) is 19.1. The number of thiophene rings is 1. The molecule has 15 heteroatoms. The Hall–Kier alpha value is -3.78. The number of likely N-dealkylation sites (tertiary alicyclic amines) is 1. The zero-order valence-corrected chi connectivity index (χ0v) is 29.8. The Morgan fingerprint density at radius 3 is 2.67 bits per heavy atom. The van der Waals surface area contributed by atoms with Crippen LogP contribution < -0.4 is 15.4 Å². The molecule has 0 spiro atoms. The summed E-state index contributed by atoms with van der Waals surface area (Å²) in [6.45, 7) is 6.01. The van der Waals surface area contributed by atoms with Crippen LogP contribution in [0.5, 0.6) is 6.01 Å². The molecule has 9 heterocycles. The number of nitriles is 1. The van der Waals surface area contributed by atoms with Crippen molar-refractivity contribution in [3.63, 3.8) is 0 Å². The van der Waals surface area contributed by atoms with Gasteiger partial charge in [-0.2, -0.15) is 15.2 Å². The summed E-state index contributed by atoms with van der Waals surface area (Å²) in [4.78, 5) is 21.7. The van der Waals surface area contributed by atoms with E-state index in [0.29, 0.717) is 23.4 Å². The summed E-state index contributed by atoms with van der Waals surface area (Å²) in [5.41, 5.74) is 7.83. The number of halogens is 2. The van der Waals surface area contributed by atoms with Gasteiger partial charge in [0.25, 0.3) is 0 Å². The Morgan fingerprint density at radius 1 is 1.12 bits per heavy atom. The zero-order chi connectivity index (χ0) is 35.3. The van der Waals surface area contributed by atoms with E-state index in [-0.39, 0.29) is 86.5 Å². The van der Waals surface area contributed by atoms with E-state index in [1.165, 1.54) is 0 Å². The summed E-state index contributed by atoms with van der Waals surface area (Å²) >= 11 is 0.958. The van der Waals surface area contributed by atoms with Gasteiger partial charge in [-0.15, -0.1) is 11.3 Å². The monoisotopic (exact) mass is 730 g/mol. The van der Waals surface area contributed by atoms with Crippen molar-refractivity contribution in [3.05, 3.63) is 34.5 Å². The normalized spacial score (nSPS) is 28.5. The van der Waals surface area contributed by atoms with Crippen molar-refractivity contribution in [1.82, 2.24) is 24.8 Å². The highest BCUT2D eigenvalue weighted by atomic mass is 32.1. The summed E-state index contributed by atoms with van der Waals surface area (Å²) in [7, 11) is 1.75. The van der Waals surface area contributed by atoms with Crippen molar-refractivity contribution < 1.29 is 27.7 Å². The highest BCUT2D eigenvalue weighted by Crippen LogP contribution is 2.48. The minimum absolute atomic E-state index is 0.0783. The molecule has 272 valence electrons. The van der Waals surface area contributed by atoms with E-state index in [2.05, 4.69) is 25.8 Å². The number of benzene rings is 1. The number of methoxy groups -OCH3 is 1. The van der Waals surface area contributed by atoms with Crippen molar-refractivity contribution in [2.24, 2.45) is 0 Å². The van der Waals surface area contributed by atoms with Gasteiger partial charge in [-0.1, -0.05) is 0 Å². The fraction of sp³-hybridized carbons (Fsp3) is 0.568. The first kappa shape index (κ1) is 32.8. The van der Waals surface area contributed by atoms with Crippen LogP contribution in [0, 0.1) is 23.0 Å². The van der Waals surface area contributed by atoms with Crippen molar-refractivity contribution in [3.8, 4) is 23.3 Å². The fourth-order valence-corrected chi connectivity index (χ4v) is 10.8. The molecule has 6 aliphatic rings. The second-order valence-electron chi connectivity index (χ2n) is 15.2. The Labute approximate surface area is 303 Å². The minimum atomic E-state index is -0.629. The van der Waals surface area contributed by atoms with Crippen molar-refractivity contribution in [2.75, 3.05) is 63.7 Å². The third kappa shape index (κ3) is 4.95. The van der Waals surface area contributed by atoms with Crippen molar-refractivity contribution in [2.45, 2.75) is 81.6 Å². The molecule has 2 N–H and O–H groups in total. The number of ether oxygens (including phenoxy) is 4. The molecule has 6 aliphatic heterocycles. The van der Waals surface area contributed by atoms with Gasteiger partial charge in [0.05, 0.1) is 58.5 Å². The van der Waals surface area contributed by atoms with Gasteiger partial charge >= 0.3 is 6.01 Å². The number of pyridine rings is 1. The van der Waals surface area contributed by atoms with Crippen LogP contribution in [-0.2, 0) is 27.4 Å². The molecule has 52 heavy (non-hydrogen) atoms. The lowest BCUT2D eigenvalue weighted by Crippen LogP contribution is -2.56. The van der Waals surface area contributed by atoms with Crippen LogP contribution in [0.3, 0.4) is 0 Å². The number of nitrogens with two attached hydrogens (primary N) is 1. The highest BCUT2D eigenvalue weighted by molar-refractivity contribution is 7.23. The average molecular weight is 731 g/mol. The van der Waals surface area contributed by atoms with E-state index in [9.17, 15) is 5.26 Å². The zero-order valence-electron chi connectivity index (χ0n) is 29.0. The number of rotatable bonds is 8. The lowest BCUT2D eigenvalue weighted by Gasteiger charge is -2.44. The molecule has 2 bridgehead atoms. The largest absolute Gasteiger partial charge is 0.461 e. The lowest BCUT2D eigenvalue weighted by atomic mass is 9.93. The van der Waals surface area contributed by atoms with Crippen molar-refractivity contribution >= 4 is 43.1 Å². The number of hydrogen-bond acceptors (Lipinski definition) is 13. The molecule has 0 saturated carbocycles. The highest BCUT2D eigenvalue weighted by Gasteiger charge is 2.50. The standard InChI is InChI=1S/C37H40F2N8O4S/c1-48-22-9-37(6-2-7-46(37)15-22)18-51-36-43-32-29(35(44-36)47-19-3-4-20(47)13-45(12-19)14-21-5-8-50-21)25-17-49-16-24(25)27(30(32)39)31-28-23(10-40)34(41)52-33(28)26(38)11-42-31/h11,19-22H,2-9,12-18,41H2,1H3/t19?,20?,21-,22-,37?/m1/s1. The van der Waals surface area contributed by atoms with Gasteiger partial charge in [-0.25, -0.2) is 8.78 Å². The number of nitrogens with zero attached hydrogens (tertiary/aromatic N) is 7. The van der Waals surface area contributed by atoms with Gasteiger partial charge in [0.15, 0.2) is 11.6 Å². The Bertz CT molecular complexity index is 2140. The second-order valence-corrected chi connectivity index (χ2v) is 16.3. The Kier molecular flexibility index (Phi) is 7.83. The van der Waals surface area contributed by atoms with E-state index in [1.54, 1.807) is 7.11 Å². The van der Waals surface area contributed by atoms with Crippen LogP contribution in [0.25, 0.3) is 32.2 Å². The van der Waals surface area contributed by atoms with Crippen LogP contribution in [0.1, 0.15) is 55.2 Å². The summed E-state index contributed by atoms with van der Waals surface area (Å²) in [6.07, 6.45) is 7.46. The molecule has 3 aromatic heterocycles. The number of piperazine rings is 1. The van der Waals surface area contributed by atoms with E-state index in [4.69, 9.17) is 34.6 Å². The minimum Gasteiger partial charge on any atom is -0.461 e. The molecular weight excluding hydrogens is 691 g/mol. The number of hydrogen-bond donors (Lipinski definition) is 1. The second kappa shape index (κ2) is 12.4. The van der Waals surface area contributed by atoms with E-state index < -0.39 is 11.6 Å². The molecule has 12 nitrogen and oxygen atoms in total. The van der Waals surface area contributed by atoms with Gasteiger partial charge in [-0.05, 0) is 56.2 Å². The molecule has 3 unspecified atom stereocenters. The molecule has 0 aliphatic carbocycles. The molecule has 0 amide bonds. The van der Waals surface area contributed by atoms with E-state index >= 15 is 8.78 Å². The SMILES string of the molecule is CO[C@H]1CN2CCCC2(COc2nc(N3C4CCC3CN(C[C@H]3CCO3)C4)c3c4c(c(-c5ncc(F)c6sc(N)c(C#N)c56)c(F)c3n2)COC4)C1. The smallest absolute Gasteiger partial charge is 0.319 e. The first-order chi connectivity index (χ1) is 25.4. The molecule has 10 rings (SSSR count). The summed E-state index contributed by atoms with van der Waals surface area (Å²) < 4.78 is 57.0. The van der Waals surface area contributed by atoms with Gasteiger partial charge in [-0.3, -0.25) is 14.8 Å². The molecule has 5 fully saturated rings. The molecular formula is C37H40F2N8O4S. The summed E-state index contributed by atoms with van der Waals surface area (Å²) in [5.74, 6) is -0.584. The lowest BCUT2D eigenvalue weighted by molar-refractivity contribution is -0.0687. The predicted molar refractivity (Wildman–Crippen MR) is 190 cm³/mol. The maximum absolute atomic E-state index is 17.6. The Balaban J connectivity index is 1.13. The molecule has 0 radical (unpaired) electrons. The van der Waals surface area contributed by atoms with E-state index in [0.717, 1.165) is 101 Å². The number of fused-ring (bicyclic) bond motifs is 7. The van der Waals surface area contributed by atoms with Gasteiger partial charge in [0.1, 0.15) is 29.0 Å². The van der Waals surface area contributed by atoms with Crippen LogP contribution in [0.2, 0.25) is 0 Å². The van der Waals surface area contributed by atoms with Crippen LogP contribution in [0.4, 0.5) is 19.6 Å². The first-order valence-electron chi connectivity index (χ1n) is 18.3. The quantitative estimate of drug-likeness (QED) is 0.268. The topological polar surface area (TPSA) is 135 Å². The third-order valence-electron chi connectivity index (χ3n) is 12.4. The predicted octanol–water partition coefficient (Wildman–Crippen LogP) is 4.74. The Morgan fingerprint density at radius 2 is 1.92 bits per heavy atom. The maximum atomic E-state index is 17.6. The van der Waals surface area contributed by atoms with Crippen molar-refractivity contribution in [1.29, 1.82) is 5.26 Å². The van der Waals surface area contributed by atoms with Crippen LogP contribution >= 0.6 is 11.3 Å². The number of aromatic nitrogens is 3. The van der Waals surface area contributed by atoms with Crippen LogP contribution in [0.15, 0.2) is 6.20 Å². The maximum Gasteiger partial charge on any atom is 0.319 e. The molecule has 5 saturated heterocycles. The van der Waals surface area contributed by atoms with Gasteiger partial charge < -0.3 is 29.6 Å². The van der Waals surface area contributed by atoms with E-state index in [1.807, 2.05) is 0 Å². The van der Waals surface area contributed by atoms with Crippen LogP contribution in [-0.4, -0.2) is 108 Å². The van der Waals surface area contributed by atoms with Gasteiger partial charge in [0.2, 0.25) is 0 Å². The third-order valence-corrected chi connectivity index (χ3v) is 13.5.